The monoisotopic (exact) mass is 232 g/mol. The van der Waals surface area contributed by atoms with Crippen LogP contribution in [0.5, 0.6) is 11.9 Å². The van der Waals surface area contributed by atoms with Crippen molar-refractivity contribution in [2.45, 2.75) is 6.92 Å². The third kappa shape index (κ3) is 2.30. The van der Waals surface area contributed by atoms with Crippen LogP contribution < -0.4 is 9.47 Å². The molecule has 6 nitrogen and oxygen atoms in total. The molecule has 6 heteroatoms. The van der Waals surface area contributed by atoms with Crippen LogP contribution in [0.1, 0.15) is 5.69 Å². The van der Waals surface area contributed by atoms with Crippen LogP contribution in [-0.2, 0) is 0 Å². The van der Waals surface area contributed by atoms with Crippen molar-refractivity contribution in [3.05, 3.63) is 24.0 Å². The van der Waals surface area contributed by atoms with E-state index in [-0.39, 0.29) is 6.01 Å². The summed E-state index contributed by atoms with van der Waals surface area (Å²) in [6.45, 7) is 1.87. The fraction of sp³-hybridized carbons (Fsp3) is 0.273. The van der Waals surface area contributed by atoms with Crippen molar-refractivity contribution >= 4 is 0 Å². The zero-order valence-electron chi connectivity index (χ0n) is 9.84. The van der Waals surface area contributed by atoms with E-state index in [9.17, 15) is 0 Å². The van der Waals surface area contributed by atoms with Gasteiger partial charge in [0, 0.05) is 6.20 Å². The van der Waals surface area contributed by atoms with E-state index in [1.165, 1.54) is 14.2 Å². The quantitative estimate of drug-likeness (QED) is 0.793. The molecule has 0 bridgehead atoms. The van der Waals surface area contributed by atoms with E-state index in [2.05, 4.69) is 20.2 Å². The average Bonchev–Trinajstić information content (AvgIpc) is 2.39. The van der Waals surface area contributed by atoms with E-state index in [1.807, 2.05) is 19.1 Å². The molecule has 2 rings (SSSR count). The molecule has 0 spiro atoms. The summed E-state index contributed by atoms with van der Waals surface area (Å²) in [7, 11) is 3.03. The first-order chi connectivity index (χ1) is 8.24. The summed E-state index contributed by atoms with van der Waals surface area (Å²) in [5.74, 6) is 0.412. The van der Waals surface area contributed by atoms with Gasteiger partial charge in [-0.25, -0.2) is 4.98 Å². The highest BCUT2D eigenvalue weighted by atomic mass is 16.5. The SMILES string of the molecule is COc1ncc(-c2ccc(C)nn2)c(OC)n1. The van der Waals surface area contributed by atoms with Crippen LogP contribution in [0.15, 0.2) is 18.3 Å². The molecule has 0 aliphatic heterocycles. The van der Waals surface area contributed by atoms with Gasteiger partial charge in [0.25, 0.3) is 0 Å². The van der Waals surface area contributed by atoms with Gasteiger partial charge in [0.1, 0.15) is 0 Å². The van der Waals surface area contributed by atoms with Crippen LogP contribution in [0.4, 0.5) is 0 Å². The third-order valence-electron chi connectivity index (χ3n) is 2.18. The molecule has 0 aliphatic rings. The molecule has 0 aliphatic carbocycles. The van der Waals surface area contributed by atoms with Crippen LogP contribution in [0, 0.1) is 6.92 Å². The van der Waals surface area contributed by atoms with Gasteiger partial charge in [-0.1, -0.05) is 0 Å². The Morgan fingerprint density at radius 3 is 2.47 bits per heavy atom. The summed E-state index contributed by atoms with van der Waals surface area (Å²) >= 11 is 0. The van der Waals surface area contributed by atoms with Crippen LogP contribution in [-0.4, -0.2) is 34.4 Å². The van der Waals surface area contributed by atoms with Gasteiger partial charge < -0.3 is 9.47 Å². The van der Waals surface area contributed by atoms with Crippen molar-refractivity contribution in [2.75, 3.05) is 14.2 Å². The number of ether oxygens (including phenoxy) is 2. The molecule has 0 saturated heterocycles. The number of hydrogen-bond donors (Lipinski definition) is 0. The summed E-state index contributed by atoms with van der Waals surface area (Å²) < 4.78 is 10.1. The van der Waals surface area contributed by atoms with Gasteiger partial charge in [-0.3, -0.25) is 0 Å². The van der Waals surface area contributed by atoms with Gasteiger partial charge >= 0.3 is 6.01 Å². The topological polar surface area (TPSA) is 70.0 Å². The molecule has 0 atom stereocenters. The van der Waals surface area contributed by atoms with Gasteiger partial charge in [0.2, 0.25) is 5.88 Å². The fourth-order valence-corrected chi connectivity index (χ4v) is 1.32. The maximum absolute atomic E-state index is 5.17. The lowest BCUT2D eigenvalue weighted by atomic mass is 10.2. The second-order valence-electron chi connectivity index (χ2n) is 3.34. The van der Waals surface area contributed by atoms with Crippen molar-refractivity contribution in [2.24, 2.45) is 0 Å². The maximum atomic E-state index is 5.17. The fourth-order valence-electron chi connectivity index (χ4n) is 1.32. The Morgan fingerprint density at radius 2 is 1.88 bits per heavy atom. The first-order valence-corrected chi connectivity index (χ1v) is 5.00. The van der Waals surface area contributed by atoms with E-state index in [0.717, 1.165) is 5.69 Å². The molecular formula is C11H12N4O2. The average molecular weight is 232 g/mol. The molecule has 17 heavy (non-hydrogen) atoms. The van der Waals surface area contributed by atoms with E-state index in [0.29, 0.717) is 17.1 Å². The van der Waals surface area contributed by atoms with Crippen molar-refractivity contribution in [3.63, 3.8) is 0 Å². The molecule has 0 N–H and O–H groups in total. The van der Waals surface area contributed by atoms with Crippen molar-refractivity contribution in [1.82, 2.24) is 20.2 Å². The predicted octanol–water partition coefficient (Wildman–Crippen LogP) is 1.26. The summed E-state index contributed by atoms with van der Waals surface area (Å²) in [4.78, 5) is 8.11. The maximum Gasteiger partial charge on any atom is 0.319 e. The van der Waals surface area contributed by atoms with Gasteiger partial charge in [0.15, 0.2) is 0 Å². The summed E-state index contributed by atoms with van der Waals surface area (Å²) in [5, 5.41) is 8.04. The predicted molar refractivity (Wildman–Crippen MR) is 60.9 cm³/mol. The lowest BCUT2D eigenvalue weighted by Crippen LogP contribution is -1.99. The molecular weight excluding hydrogens is 220 g/mol. The van der Waals surface area contributed by atoms with Crippen molar-refractivity contribution in [3.8, 4) is 23.1 Å². The lowest BCUT2D eigenvalue weighted by Gasteiger charge is -2.07. The normalized spacial score (nSPS) is 10.1. The van der Waals surface area contributed by atoms with Crippen LogP contribution in [0.3, 0.4) is 0 Å². The number of hydrogen-bond acceptors (Lipinski definition) is 6. The van der Waals surface area contributed by atoms with Crippen LogP contribution >= 0.6 is 0 Å². The molecule has 0 amide bonds. The highest BCUT2D eigenvalue weighted by Crippen LogP contribution is 2.26. The van der Waals surface area contributed by atoms with E-state index >= 15 is 0 Å². The Labute approximate surface area is 98.7 Å². The summed E-state index contributed by atoms with van der Waals surface area (Å²) in [6, 6.07) is 3.97. The third-order valence-corrected chi connectivity index (χ3v) is 2.18. The van der Waals surface area contributed by atoms with Crippen molar-refractivity contribution < 1.29 is 9.47 Å². The molecule has 0 radical (unpaired) electrons. The molecule has 0 aromatic carbocycles. The molecule has 88 valence electrons. The number of aromatic nitrogens is 4. The first-order valence-electron chi connectivity index (χ1n) is 5.00. The minimum absolute atomic E-state index is 0.255. The van der Waals surface area contributed by atoms with Crippen molar-refractivity contribution in [1.29, 1.82) is 0 Å². The first kappa shape index (κ1) is 11.3. The molecule has 2 heterocycles. The Kier molecular flexibility index (Phi) is 3.13. The molecule has 0 unspecified atom stereocenters. The number of rotatable bonds is 3. The van der Waals surface area contributed by atoms with Crippen LogP contribution in [0.2, 0.25) is 0 Å². The van der Waals surface area contributed by atoms with Gasteiger partial charge in [0.05, 0.1) is 31.2 Å². The second-order valence-corrected chi connectivity index (χ2v) is 3.34. The molecule has 0 saturated carbocycles. The minimum atomic E-state index is 0.255. The summed E-state index contributed by atoms with van der Waals surface area (Å²) in [5.41, 5.74) is 2.19. The molecule has 2 aromatic heterocycles. The minimum Gasteiger partial charge on any atom is -0.480 e. The number of nitrogens with zero attached hydrogens (tertiary/aromatic N) is 4. The second kappa shape index (κ2) is 4.73. The van der Waals surface area contributed by atoms with E-state index in [4.69, 9.17) is 9.47 Å². The smallest absolute Gasteiger partial charge is 0.319 e. The highest BCUT2D eigenvalue weighted by Gasteiger charge is 2.11. The molecule has 0 fully saturated rings. The zero-order valence-corrected chi connectivity index (χ0v) is 9.84. The van der Waals surface area contributed by atoms with Crippen LogP contribution in [0.25, 0.3) is 11.3 Å². The Bertz CT molecular complexity index is 513. The van der Waals surface area contributed by atoms with Gasteiger partial charge in [-0.05, 0) is 19.1 Å². The van der Waals surface area contributed by atoms with Gasteiger partial charge in [-0.15, -0.1) is 0 Å². The standard InChI is InChI=1S/C11H12N4O2/c1-7-4-5-9(15-14-7)8-6-12-11(17-3)13-10(8)16-2/h4-6H,1-3H3. The van der Waals surface area contributed by atoms with E-state index < -0.39 is 0 Å². The highest BCUT2D eigenvalue weighted by molar-refractivity contribution is 5.63. The lowest BCUT2D eigenvalue weighted by molar-refractivity contribution is 0.353. The zero-order chi connectivity index (χ0) is 12.3. The van der Waals surface area contributed by atoms with Gasteiger partial charge in [-0.2, -0.15) is 15.2 Å². The number of methoxy groups -OCH3 is 2. The summed E-state index contributed by atoms with van der Waals surface area (Å²) in [6.07, 6.45) is 1.60. The Balaban J connectivity index is 2.47. The molecule has 2 aromatic rings. The number of aryl methyl sites for hydroxylation is 1. The Hall–Kier alpha value is -2.24. The van der Waals surface area contributed by atoms with E-state index in [1.54, 1.807) is 6.20 Å². The largest absolute Gasteiger partial charge is 0.480 e. The Morgan fingerprint density at radius 1 is 1.06 bits per heavy atom.